The summed E-state index contributed by atoms with van der Waals surface area (Å²) in [6.07, 6.45) is -0.436. The minimum absolute atomic E-state index is 0.0591. The molecule has 1 heterocycles. The second-order valence-electron chi connectivity index (χ2n) is 4.29. The van der Waals surface area contributed by atoms with E-state index in [-0.39, 0.29) is 6.61 Å². The van der Waals surface area contributed by atoms with E-state index in [1.54, 1.807) is 20.8 Å². The van der Waals surface area contributed by atoms with Gasteiger partial charge >= 0.3 is 11.7 Å². The van der Waals surface area contributed by atoms with Crippen LogP contribution in [0.2, 0.25) is 0 Å². The summed E-state index contributed by atoms with van der Waals surface area (Å²) in [7, 11) is 0. The van der Waals surface area contributed by atoms with Gasteiger partial charge in [-0.15, -0.1) is 6.58 Å². The van der Waals surface area contributed by atoms with E-state index in [1.165, 1.54) is 6.08 Å². The van der Waals surface area contributed by atoms with Crippen molar-refractivity contribution in [2.24, 2.45) is 0 Å². The Balaban J connectivity index is 2.96. The molecule has 2 atom stereocenters. The smallest absolute Gasteiger partial charge is 0.444 e. The molecule has 1 saturated heterocycles. The lowest BCUT2D eigenvalue weighted by Gasteiger charge is -2.15. The fourth-order valence-corrected chi connectivity index (χ4v) is 1.69. The Kier molecular flexibility index (Phi) is 4.72. The summed E-state index contributed by atoms with van der Waals surface area (Å²) in [6.45, 7) is 8.41. The summed E-state index contributed by atoms with van der Waals surface area (Å²) in [4.78, 5) is 26.3. The maximum Gasteiger partial charge on any atom is 0.444 e. The van der Waals surface area contributed by atoms with Gasteiger partial charge in [-0.2, -0.15) is 4.79 Å². The number of hydrogen-bond acceptors (Lipinski definition) is 5. The standard InChI is InChI=1S/C12H16N2O5/c1-5-7-10(19-12(3,4)18-7)9(15)8(14-13)11(16)17-6-2/h5,7,10H,1,6H2,2-4H3/t7-,10-/m1/s1. The summed E-state index contributed by atoms with van der Waals surface area (Å²) in [5.41, 5.74) is 8.06. The Morgan fingerprint density at radius 3 is 2.58 bits per heavy atom. The molecule has 1 aliphatic heterocycles. The quantitative estimate of drug-likeness (QED) is 0.180. The zero-order valence-corrected chi connectivity index (χ0v) is 11.1. The number of carbonyl (C=O) groups is 2. The van der Waals surface area contributed by atoms with Crippen LogP contribution in [-0.4, -0.2) is 46.9 Å². The fourth-order valence-electron chi connectivity index (χ4n) is 1.69. The van der Waals surface area contributed by atoms with Crippen LogP contribution in [0.15, 0.2) is 12.7 Å². The first-order chi connectivity index (χ1) is 8.86. The molecule has 1 aliphatic rings. The number of ether oxygens (including phenoxy) is 3. The van der Waals surface area contributed by atoms with E-state index in [4.69, 9.17) is 15.0 Å². The summed E-state index contributed by atoms with van der Waals surface area (Å²) in [5.74, 6) is -2.81. The van der Waals surface area contributed by atoms with E-state index in [0.29, 0.717) is 0 Å². The van der Waals surface area contributed by atoms with E-state index in [0.717, 1.165) is 0 Å². The summed E-state index contributed by atoms with van der Waals surface area (Å²) in [5, 5.41) is 0. The van der Waals surface area contributed by atoms with E-state index in [1.807, 2.05) is 0 Å². The number of rotatable bonds is 5. The van der Waals surface area contributed by atoms with Gasteiger partial charge in [-0.1, -0.05) is 6.08 Å². The van der Waals surface area contributed by atoms with Gasteiger partial charge in [-0.25, -0.2) is 4.79 Å². The maximum atomic E-state index is 12.1. The molecule has 1 fully saturated rings. The van der Waals surface area contributed by atoms with Gasteiger partial charge < -0.3 is 19.7 Å². The van der Waals surface area contributed by atoms with E-state index in [2.05, 4.69) is 16.1 Å². The SMILES string of the molecule is C=C[C@H]1OC(C)(C)O[C@H]1C(=O)C(=[N+]=[N-])C(=O)OCC. The highest BCUT2D eigenvalue weighted by Crippen LogP contribution is 2.29. The first-order valence-electron chi connectivity index (χ1n) is 5.78. The van der Waals surface area contributed by atoms with Crippen LogP contribution in [0.3, 0.4) is 0 Å². The molecule has 7 heteroatoms. The van der Waals surface area contributed by atoms with Gasteiger partial charge in [0.2, 0.25) is 0 Å². The first kappa shape index (κ1) is 15.2. The normalized spacial score (nSPS) is 24.4. The highest BCUT2D eigenvalue weighted by atomic mass is 16.8. The van der Waals surface area contributed by atoms with Crippen molar-refractivity contribution in [3.8, 4) is 0 Å². The Morgan fingerprint density at radius 1 is 1.47 bits per heavy atom. The molecule has 104 valence electrons. The number of ketones is 1. The molecule has 0 aromatic heterocycles. The largest absolute Gasteiger partial charge is 0.457 e. The average Bonchev–Trinajstić information content (AvgIpc) is 2.65. The Labute approximate surface area is 110 Å². The molecule has 0 aromatic rings. The van der Waals surface area contributed by atoms with Crippen LogP contribution in [-0.2, 0) is 23.8 Å². The number of hydrogen-bond donors (Lipinski definition) is 0. The molecule has 0 spiro atoms. The van der Waals surface area contributed by atoms with Crippen molar-refractivity contribution < 1.29 is 28.6 Å². The minimum atomic E-state index is -1.09. The van der Waals surface area contributed by atoms with Crippen molar-refractivity contribution in [1.29, 1.82) is 0 Å². The van der Waals surface area contributed by atoms with Crippen LogP contribution in [0, 0.1) is 0 Å². The van der Waals surface area contributed by atoms with Crippen LogP contribution >= 0.6 is 0 Å². The predicted octanol–water partition coefficient (Wildman–Crippen LogP) is 0.495. The third kappa shape index (κ3) is 3.35. The number of nitrogens with zero attached hydrogens (tertiary/aromatic N) is 2. The molecule has 7 nitrogen and oxygen atoms in total. The number of carbonyl (C=O) groups excluding carboxylic acids is 2. The molecule has 0 aromatic carbocycles. The van der Waals surface area contributed by atoms with Crippen molar-refractivity contribution in [3.63, 3.8) is 0 Å². The van der Waals surface area contributed by atoms with Crippen molar-refractivity contribution in [3.05, 3.63) is 18.2 Å². The van der Waals surface area contributed by atoms with Gasteiger partial charge in [-0.3, -0.25) is 4.79 Å². The van der Waals surface area contributed by atoms with Crippen LogP contribution in [0.1, 0.15) is 20.8 Å². The summed E-state index contributed by atoms with van der Waals surface area (Å²) < 4.78 is 15.4. The lowest BCUT2D eigenvalue weighted by atomic mass is 10.1. The molecule has 0 saturated carbocycles. The molecule has 1 rings (SSSR count). The van der Waals surface area contributed by atoms with E-state index < -0.39 is 35.5 Å². The zero-order valence-electron chi connectivity index (χ0n) is 11.1. The molecule has 0 unspecified atom stereocenters. The highest BCUT2D eigenvalue weighted by molar-refractivity contribution is 6.63. The third-order valence-electron chi connectivity index (χ3n) is 2.42. The van der Waals surface area contributed by atoms with Crippen molar-refractivity contribution in [1.82, 2.24) is 0 Å². The Bertz CT molecular complexity index is 451. The molecule has 0 aliphatic carbocycles. The van der Waals surface area contributed by atoms with Crippen LogP contribution in [0.5, 0.6) is 0 Å². The van der Waals surface area contributed by atoms with Gasteiger partial charge in [0, 0.05) is 0 Å². The second kappa shape index (κ2) is 5.88. The van der Waals surface area contributed by atoms with E-state index >= 15 is 0 Å². The minimum Gasteiger partial charge on any atom is -0.457 e. The van der Waals surface area contributed by atoms with Crippen molar-refractivity contribution >= 4 is 17.5 Å². The van der Waals surface area contributed by atoms with Gasteiger partial charge in [-0.05, 0) is 20.8 Å². The summed E-state index contributed by atoms with van der Waals surface area (Å²) in [6, 6.07) is 0. The molecular formula is C12H16N2O5. The molecule has 0 bridgehead atoms. The average molecular weight is 268 g/mol. The lowest BCUT2D eigenvalue weighted by molar-refractivity contribution is -0.154. The maximum absolute atomic E-state index is 12.1. The fraction of sp³-hybridized carbons (Fsp3) is 0.583. The topological polar surface area (TPSA) is 98.2 Å². The zero-order chi connectivity index (χ0) is 14.6. The number of esters is 1. The van der Waals surface area contributed by atoms with E-state index in [9.17, 15) is 9.59 Å². The van der Waals surface area contributed by atoms with Gasteiger partial charge in [0.05, 0.1) is 6.61 Å². The van der Waals surface area contributed by atoms with Crippen molar-refractivity contribution in [2.45, 2.75) is 38.8 Å². The first-order valence-corrected chi connectivity index (χ1v) is 5.78. The van der Waals surface area contributed by atoms with Crippen LogP contribution in [0.25, 0.3) is 5.53 Å². The monoisotopic (exact) mass is 268 g/mol. The Hall–Kier alpha value is -1.82. The summed E-state index contributed by atoms with van der Waals surface area (Å²) >= 11 is 0. The number of Topliss-reactive ketones (excluding diaryl/α,β-unsaturated/α-hetero) is 1. The molecular weight excluding hydrogens is 252 g/mol. The van der Waals surface area contributed by atoms with Gasteiger partial charge in [0.25, 0.3) is 5.78 Å². The van der Waals surface area contributed by atoms with Crippen molar-refractivity contribution in [2.75, 3.05) is 6.61 Å². The van der Waals surface area contributed by atoms with Crippen LogP contribution < -0.4 is 0 Å². The lowest BCUT2D eigenvalue weighted by Crippen LogP contribution is -2.40. The Morgan fingerprint density at radius 2 is 2.11 bits per heavy atom. The second-order valence-corrected chi connectivity index (χ2v) is 4.29. The molecule has 0 radical (unpaired) electrons. The highest BCUT2D eigenvalue weighted by Gasteiger charge is 2.49. The molecule has 0 amide bonds. The predicted molar refractivity (Wildman–Crippen MR) is 64.3 cm³/mol. The van der Waals surface area contributed by atoms with Gasteiger partial charge in [0.15, 0.2) is 11.9 Å². The molecule has 0 N–H and O–H groups in total. The van der Waals surface area contributed by atoms with Crippen LogP contribution in [0.4, 0.5) is 0 Å². The van der Waals surface area contributed by atoms with Gasteiger partial charge in [0.1, 0.15) is 6.10 Å². The molecule has 19 heavy (non-hydrogen) atoms. The third-order valence-corrected chi connectivity index (χ3v) is 2.42.